The molecule has 1 aliphatic heterocycles. The van der Waals surface area contributed by atoms with Crippen LogP contribution in [0, 0.1) is 0 Å². The fraction of sp³-hybridized carbons (Fsp3) is 0.357. The first-order chi connectivity index (χ1) is 8.86. The maximum Gasteiger partial charge on any atom is 0.147 e. The summed E-state index contributed by atoms with van der Waals surface area (Å²) in [4.78, 5) is 0. The predicted octanol–water partition coefficient (Wildman–Crippen LogP) is 3.46. The molecular weight excluding hydrogens is 248 g/mol. The predicted molar refractivity (Wildman–Crippen MR) is 71.8 cm³/mol. The van der Waals surface area contributed by atoms with Crippen LogP contribution in [0.4, 0.5) is 0 Å². The first-order valence-electron chi connectivity index (χ1n) is 6.26. The van der Waals surface area contributed by atoms with Crippen molar-refractivity contribution in [1.82, 2.24) is 10.5 Å². The highest BCUT2D eigenvalue weighted by molar-refractivity contribution is 6.33. The van der Waals surface area contributed by atoms with E-state index in [0.29, 0.717) is 5.92 Å². The summed E-state index contributed by atoms with van der Waals surface area (Å²) in [6, 6.07) is 7.83. The quantitative estimate of drug-likeness (QED) is 0.901. The van der Waals surface area contributed by atoms with E-state index in [1.165, 1.54) is 0 Å². The van der Waals surface area contributed by atoms with Gasteiger partial charge in [0.1, 0.15) is 5.76 Å². The second-order valence-electron chi connectivity index (χ2n) is 4.61. The first kappa shape index (κ1) is 11.8. The molecular formula is C14H15ClN2O. The Labute approximate surface area is 111 Å². The fourth-order valence-electron chi connectivity index (χ4n) is 2.51. The van der Waals surface area contributed by atoms with Crippen molar-refractivity contribution in [3.8, 4) is 11.1 Å². The first-order valence-corrected chi connectivity index (χ1v) is 6.64. The summed E-state index contributed by atoms with van der Waals surface area (Å²) in [7, 11) is 0. The molecule has 4 heteroatoms. The summed E-state index contributed by atoms with van der Waals surface area (Å²) in [5.41, 5.74) is 2.04. The zero-order valence-electron chi connectivity index (χ0n) is 10.0. The number of nitrogens with zero attached hydrogens (tertiary/aromatic N) is 1. The summed E-state index contributed by atoms with van der Waals surface area (Å²) < 4.78 is 5.48. The van der Waals surface area contributed by atoms with Crippen LogP contribution < -0.4 is 5.32 Å². The molecule has 3 rings (SSSR count). The van der Waals surface area contributed by atoms with Gasteiger partial charge in [-0.2, -0.15) is 0 Å². The molecule has 1 N–H and O–H groups in total. The summed E-state index contributed by atoms with van der Waals surface area (Å²) in [5.74, 6) is 1.42. The van der Waals surface area contributed by atoms with Crippen LogP contribution in [-0.2, 0) is 0 Å². The molecule has 1 aromatic carbocycles. The van der Waals surface area contributed by atoms with Crippen LogP contribution in [0.2, 0.25) is 5.02 Å². The zero-order valence-corrected chi connectivity index (χ0v) is 10.8. The van der Waals surface area contributed by atoms with Crippen LogP contribution >= 0.6 is 11.6 Å². The van der Waals surface area contributed by atoms with E-state index in [-0.39, 0.29) is 0 Å². The molecule has 94 valence electrons. The van der Waals surface area contributed by atoms with Gasteiger partial charge in [0.15, 0.2) is 0 Å². The van der Waals surface area contributed by atoms with Gasteiger partial charge in [-0.1, -0.05) is 35.0 Å². The molecule has 0 saturated carbocycles. The molecule has 3 nitrogen and oxygen atoms in total. The average Bonchev–Trinajstić information content (AvgIpc) is 2.89. The minimum atomic E-state index is 0.444. The molecule has 2 heterocycles. The lowest BCUT2D eigenvalue weighted by Gasteiger charge is -2.21. The molecule has 0 atom stereocenters. The Morgan fingerprint density at radius 1 is 1.17 bits per heavy atom. The van der Waals surface area contributed by atoms with E-state index in [1.807, 2.05) is 24.3 Å². The van der Waals surface area contributed by atoms with Crippen molar-refractivity contribution in [3.63, 3.8) is 0 Å². The van der Waals surface area contributed by atoms with Gasteiger partial charge in [-0.25, -0.2) is 0 Å². The average molecular weight is 263 g/mol. The van der Waals surface area contributed by atoms with Crippen molar-refractivity contribution in [3.05, 3.63) is 41.2 Å². The van der Waals surface area contributed by atoms with Gasteiger partial charge in [-0.05, 0) is 32.0 Å². The highest BCUT2D eigenvalue weighted by Gasteiger charge is 2.23. The van der Waals surface area contributed by atoms with E-state index >= 15 is 0 Å². The van der Waals surface area contributed by atoms with Crippen molar-refractivity contribution in [2.75, 3.05) is 13.1 Å². The van der Waals surface area contributed by atoms with Crippen molar-refractivity contribution in [1.29, 1.82) is 0 Å². The van der Waals surface area contributed by atoms with E-state index in [0.717, 1.165) is 47.8 Å². The van der Waals surface area contributed by atoms with Crippen LogP contribution in [0.1, 0.15) is 24.5 Å². The van der Waals surface area contributed by atoms with Gasteiger partial charge < -0.3 is 9.84 Å². The normalized spacial score (nSPS) is 16.9. The van der Waals surface area contributed by atoms with Crippen molar-refractivity contribution in [2.45, 2.75) is 18.8 Å². The molecule has 0 bridgehead atoms. The third kappa shape index (κ3) is 2.16. The number of hydrogen-bond donors (Lipinski definition) is 1. The number of piperidine rings is 1. The summed E-state index contributed by atoms with van der Waals surface area (Å²) >= 11 is 6.24. The van der Waals surface area contributed by atoms with Crippen LogP contribution in [-0.4, -0.2) is 18.2 Å². The highest BCUT2D eigenvalue weighted by atomic mass is 35.5. The van der Waals surface area contributed by atoms with Gasteiger partial charge in [0.05, 0.1) is 6.20 Å². The van der Waals surface area contributed by atoms with E-state index in [1.54, 1.807) is 6.20 Å². The second kappa shape index (κ2) is 5.12. The van der Waals surface area contributed by atoms with Gasteiger partial charge in [-0.15, -0.1) is 0 Å². The zero-order chi connectivity index (χ0) is 12.4. The minimum Gasteiger partial charge on any atom is -0.360 e. The highest BCUT2D eigenvalue weighted by Crippen LogP contribution is 2.36. The van der Waals surface area contributed by atoms with Crippen LogP contribution in [0.15, 0.2) is 35.0 Å². The fourth-order valence-corrected chi connectivity index (χ4v) is 2.75. The monoisotopic (exact) mass is 262 g/mol. The van der Waals surface area contributed by atoms with E-state index in [2.05, 4.69) is 10.5 Å². The molecule has 0 radical (unpaired) electrons. The summed E-state index contributed by atoms with van der Waals surface area (Å²) in [5, 5.41) is 8.07. The molecule has 0 spiro atoms. The maximum atomic E-state index is 6.24. The van der Waals surface area contributed by atoms with Crippen LogP contribution in [0.25, 0.3) is 11.1 Å². The number of halogens is 1. The maximum absolute atomic E-state index is 6.24. The molecule has 1 saturated heterocycles. The van der Waals surface area contributed by atoms with Crippen LogP contribution in [0.5, 0.6) is 0 Å². The van der Waals surface area contributed by atoms with Crippen molar-refractivity contribution >= 4 is 11.6 Å². The lowest BCUT2D eigenvalue weighted by Crippen LogP contribution is -2.26. The molecule has 1 aromatic heterocycles. The molecule has 0 unspecified atom stereocenters. The van der Waals surface area contributed by atoms with E-state index in [9.17, 15) is 0 Å². The Balaban J connectivity index is 1.98. The summed E-state index contributed by atoms with van der Waals surface area (Å²) in [6.07, 6.45) is 3.96. The third-order valence-electron chi connectivity index (χ3n) is 3.47. The molecule has 1 aliphatic rings. The number of rotatable bonds is 2. The molecule has 0 amide bonds. The standard InChI is InChI=1S/C14H15ClN2O/c15-13-4-2-1-3-11(13)12-9-17-18-14(12)10-5-7-16-8-6-10/h1-4,9-10,16H,5-8H2. The Kier molecular flexibility index (Phi) is 3.35. The number of benzene rings is 1. The van der Waals surface area contributed by atoms with Gasteiger partial charge in [0.2, 0.25) is 0 Å². The largest absolute Gasteiger partial charge is 0.360 e. The molecule has 18 heavy (non-hydrogen) atoms. The Bertz CT molecular complexity index is 532. The third-order valence-corrected chi connectivity index (χ3v) is 3.80. The van der Waals surface area contributed by atoms with Crippen molar-refractivity contribution in [2.24, 2.45) is 0 Å². The van der Waals surface area contributed by atoms with E-state index in [4.69, 9.17) is 16.1 Å². The SMILES string of the molecule is Clc1ccccc1-c1cnoc1C1CCNCC1. The van der Waals surface area contributed by atoms with Crippen LogP contribution in [0.3, 0.4) is 0 Å². The molecule has 0 aliphatic carbocycles. The number of hydrogen-bond acceptors (Lipinski definition) is 3. The lowest BCUT2D eigenvalue weighted by atomic mass is 9.91. The Morgan fingerprint density at radius 3 is 2.72 bits per heavy atom. The Hall–Kier alpha value is -1.32. The molecule has 2 aromatic rings. The smallest absolute Gasteiger partial charge is 0.147 e. The van der Waals surface area contributed by atoms with Gasteiger partial charge >= 0.3 is 0 Å². The summed E-state index contributed by atoms with van der Waals surface area (Å²) in [6.45, 7) is 2.07. The van der Waals surface area contributed by atoms with Gasteiger partial charge in [-0.3, -0.25) is 0 Å². The number of aromatic nitrogens is 1. The topological polar surface area (TPSA) is 38.1 Å². The van der Waals surface area contributed by atoms with Gasteiger partial charge in [0, 0.05) is 22.1 Å². The van der Waals surface area contributed by atoms with Crippen molar-refractivity contribution < 1.29 is 4.52 Å². The molecule has 1 fully saturated rings. The minimum absolute atomic E-state index is 0.444. The second-order valence-corrected chi connectivity index (χ2v) is 5.02. The number of nitrogens with one attached hydrogen (secondary N) is 1. The Morgan fingerprint density at radius 2 is 1.94 bits per heavy atom. The lowest BCUT2D eigenvalue weighted by molar-refractivity contribution is 0.328. The van der Waals surface area contributed by atoms with E-state index < -0.39 is 0 Å². The van der Waals surface area contributed by atoms with Gasteiger partial charge in [0.25, 0.3) is 0 Å².